The number of amides is 1. The third kappa shape index (κ3) is 4.26. The highest BCUT2D eigenvalue weighted by molar-refractivity contribution is 7.99. The zero-order valence-corrected chi connectivity index (χ0v) is 13.3. The summed E-state index contributed by atoms with van der Waals surface area (Å²) < 4.78 is 0. The fraction of sp³-hybridized carbons (Fsp3) is 0.471. The highest BCUT2D eigenvalue weighted by Gasteiger charge is 2.28. The molecule has 1 aromatic rings. The van der Waals surface area contributed by atoms with Crippen molar-refractivity contribution < 1.29 is 9.90 Å². The minimum Gasteiger partial charge on any atom is -0.384 e. The summed E-state index contributed by atoms with van der Waals surface area (Å²) in [7, 11) is 0. The first-order valence-electron chi connectivity index (χ1n) is 7.19. The van der Waals surface area contributed by atoms with Crippen LogP contribution in [-0.2, 0) is 0 Å². The molecule has 2 atom stereocenters. The molecule has 0 heterocycles. The van der Waals surface area contributed by atoms with Gasteiger partial charge < -0.3 is 10.4 Å². The molecule has 1 amide bonds. The number of aryl methyl sites for hydroxylation is 1. The Balaban J connectivity index is 2.13. The van der Waals surface area contributed by atoms with Gasteiger partial charge in [0.05, 0.1) is 0 Å². The van der Waals surface area contributed by atoms with E-state index in [0.717, 1.165) is 17.5 Å². The first kappa shape index (κ1) is 15.9. The number of nitrogens with one attached hydrogen (secondary N) is 1. The van der Waals surface area contributed by atoms with E-state index >= 15 is 0 Å². The normalized spacial score (nSPS) is 20.7. The van der Waals surface area contributed by atoms with Crippen LogP contribution in [0, 0.1) is 18.8 Å². The van der Waals surface area contributed by atoms with Crippen LogP contribution in [0.15, 0.2) is 18.2 Å². The molecule has 1 saturated carbocycles. The topological polar surface area (TPSA) is 49.3 Å². The lowest BCUT2D eigenvalue weighted by Crippen LogP contribution is -2.38. The molecule has 21 heavy (non-hydrogen) atoms. The predicted octanol–water partition coefficient (Wildman–Crippen LogP) is 2.35. The maximum atomic E-state index is 12.4. The smallest absolute Gasteiger partial charge is 0.251 e. The Morgan fingerprint density at radius 1 is 1.43 bits per heavy atom. The van der Waals surface area contributed by atoms with Crippen LogP contribution in [-0.4, -0.2) is 35.2 Å². The summed E-state index contributed by atoms with van der Waals surface area (Å²) in [6.45, 7) is 1.77. The monoisotopic (exact) mass is 303 g/mol. The van der Waals surface area contributed by atoms with Crippen LogP contribution in [0.5, 0.6) is 0 Å². The Hall–Kier alpha value is -1.44. The molecule has 0 aromatic heterocycles. The van der Waals surface area contributed by atoms with E-state index in [2.05, 4.69) is 23.4 Å². The van der Waals surface area contributed by atoms with Gasteiger partial charge in [-0.15, -0.1) is 0 Å². The zero-order chi connectivity index (χ0) is 15.2. The Morgan fingerprint density at radius 3 is 2.95 bits per heavy atom. The van der Waals surface area contributed by atoms with Crippen LogP contribution in [0.1, 0.15) is 40.7 Å². The lowest BCUT2D eigenvalue weighted by atomic mass is 10.1. The van der Waals surface area contributed by atoms with Gasteiger partial charge in [-0.1, -0.05) is 18.3 Å². The molecular weight excluding hydrogens is 282 g/mol. The SMILES string of the molecule is CSC1CCCC1NC(=O)c1cc(C)cc(C#CCO)c1. The Labute approximate surface area is 130 Å². The molecular formula is C17H21NO2S. The van der Waals surface area contributed by atoms with Gasteiger partial charge in [0, 0.05) is 22.4 Å². The first-order chi connectivity index (χ1) is 10.1. The molecule has 1 aromatic carbocycles. The Morgan fingerprint density at radius 2 is 2.24 bits per heavy atom. The number of aliphatic hydroxyl groups is 1. The van der Waals surface area contributed by atoms with E-state index in [0.29, 0.717) is 10.8 Å². The van der Waals surface area contributed by atoms with Gasteiger partial charge in [0.2, 0.25) is 0 Å². The largest absolute Gasteiger partial charge is 0.384 e. The van der Waals surface area contributed by atoms with E-state index in [4.69, 9.17) is 5.11 Å². The van der Waals surface area contributed by atoms with Crippen molar-refractivity contribution in [1.82, 2.24) is 5.32 Å². The Bertz CT molecular complexity index is 574. The minimum absolute atomic E-state index is 0.0308. The second-order valence-electron chi connectivity index (χ2n) is 5.33. The summed E-state index contributed by atoms with van der Waals surface area (Å²) in [5, 5.41) is 12.4. The number of hydrogen-bond acceptors (Lipinski definition) is 3. The van der Waals surface area contributed by atoms with Gasteiger partial charge in [-0.25, -0.2) is 0 Å². The molecule has 1 fully saturated rings. The molecule has 1 aliphatic carbocycles. The van der Waals surface area contributed by atoms with E-state index in [1.807, 2.05) is 30.8 Å². The van der Waals surface area contributed by atoms with Gasteiger partial charge in [0.15, 0.2) is 0 Å². The molecule has 2 unspecified atom stereocenters. The van der Waals surface area contributed by atoms with Gasteiger partial charge in [-0.05, 0) is 49.8 Å². The van der Waals surface area contributed by atoms with Gasteiger partial charge in [-0.2, -0.15) is 11.8 Å². The van der Waals surface area contributed by atoms with Crippen LogP contribution in [0.3, 0.4) is 0 Å². The van der Waals surface area contributed by atoms with Crippen molar-refractivity contribution in [2.24, 2.45) is 0 Å². The predicted molar refractivity (Wildman–Crippen MR) is 87.6 cm³/mol. The van der Waals surface area contributed by atoms with E-state index in [1.54, 1.807) is 6.07 Å². The quantitative estimate of drug-likeness (QED) is 0.843. The van der Waals surface area contributed by atoms with Crippen molar-refractivity contribution in [3.8, 4) is 11.8 Å². The average molecular weight is 303 g/mol. The molecule has 0 bridgehead atoms. The van der Waals surface area contributed by atoms with Crippen LogP contribution < -0.4 is 5.32 Å². The number of aliphatic hydroxyl groups excluding tert-OH is 1. The summed E-state index contributed by atoms with van der Waals surface area (Å²) in [5.41, 5.74) is 2.41. The fourth-order valence-electron chi connectivity index (χ4n) is 2.75. The van der Waals surface area contributed by atoms with Crippen molar-refractivity contribution in [3.05, 3.63) is 34.9 Å². The van der Waals surface area contributed by atoms with E-state index in [1.165, 1.54) is 12.8 Å². The second-order valence-corrected chi connectivity index (χ2v) is 6.41. The third-order valence-electron chi connectivity index (χ3n) is 3.72. The fourth-order valence-corrected chi connectivity index (χ4v) is 3.69. The molecule has 4 heteroatoms. The van der Waals surface area contributed by atoms with Crippen molar-refractivity contribution in [2.75, 3.05) is 12.9 Å². The summed E-state index contributed by atoms with van der Waals surface area (Å²) in [6.07, 6.45) is 5.51. The van der Waals surface area contributed by atoms with Crippen LogP contribution in [0.4, 0.5) is 0 Å². The molecule has 2 N–H and O–H groups in total. The van der Waals surface area contributed by atoms with Crippen molar-refractivity contribution >= 4 is 17.7 Å². The standard InChI is InChI=1S/C17H21NO2S/c1-12-9-13(5-4-8-19)11-14(10-12)17(20)18-15-6-3-7-16(15)21-2/h9-11,15-16,19H,3,6-8H2,1-2H3,(H,18,20). The lowest BCUT2D eigenvalue weighted by molar-refractivity contribution is 0.0938. The number of hydrogen-bond donors (Lipinski definition) is 2. The van der Waals surface area contributed by atoms with Crippen molar-refractivity contribution in [1.29, 1.82) is 0 Å². The minimum atomic E-state index is -0.174. The van der Waals surface area contributed by atoms with Crippen LogP contribution in [0.2, 0.25) is 0 Å². The molecule has 2 rings (SSSR count). The highest BCUT2D eigenvalue weighted by atomic mass is 32.2. The number of benzene rings is 1. The number of rotatable bonds is 3. The van der Waals surface area contributed by atoms with Gasteiger partial charge in [0.25, 0.3) is 5.91 Å². The summed E-state index contributed by atoms with van der Waals surface area (Å²) in [5.74, 6) is 5.45. The van der Waals surface area contributed by atoms with Gasteiger partial charge in [-0.3, -0.25) is 4.79 Å². The third-order valence-corrected chi connectivity index (χ3v) is 4.89. The molecule has 0 aliphatic heterocycles. The number of thioether (sulfide) groups is 1. The first-order valence-corrected chi connectivity index (χ1v) is 8.48. The van der Waals surface area contributed by atoms with Gasteiger partial charge >= 0.3 is 0 Å². The average Bonchev–Trinajstić information content (AvgIpc) is 2.91. The zero-order valence-electron chi connectivity index (χ0n) is 12.5. The molecule has 0 radical (unpaired) electrons. The maximum absolute atomic E-state index is 12.4. The Kier molecular flexibility index (Phi) is 5.72. The van der Waals surface area contributed by atoms with Gasteiger partial charge in [0.1, 0.15) is 6.61 Å². The van der Waals surface area contributed by atoms with E-state index < -0.39 is 0 Å². The maximum Gasteiger partial charge on any atom is 0.251 e. The van der Waals surface area contributed by atoms with Crippen LogP contribution in [0.25, 0.3) is 0 Å². The molecule has 112 valence electrons. The number of carbonyl (C=O) groups excluding carboxylic acids is 1. The summed E-state index contributed by atoms with van der Waals surface area (Å²) in [6, 6.07) is 5.84. The van der Waals surface area contributed by atoms with Crippen LogP contribution >= 0.6 is 11.8 Å². The highest BCUT2D eigenvalue weighted by Crippen LogP contribution is 2.28. The molecule has 1 aliphatic rings. The summed E-state index contributed by atoms with van der Waals surface area (Å²) >= 11 is 1.83. The van der Waals surface area contributed by atoms with E-state index in [9.17, 15) is 4.79 Å². The van der Waals surface area contributed by atoms with Crippen molar-refractivity contribution in [3.63, 3.8) is 0 Å². The molecule has 0 spiro atoms. The van der Waals surface area contributed by atoms with Crippen molar-refractivity contribution in [2.45, 2.75) is 37.5 Å². The second kappa shape index (κ2) is 7.53. The number of carbonyl (C=O) groups is 1. The summed E-state index contributed by atoms with van der Waals surface area (Å²) in [4.78, 5) is 12.4. The lowest BCUT2D eigenvalue weighted by Gasteiger charge is -2.19. The van der Waals surface area contributed by atoms with E-state index in [-0.39, 0.29) is 18.6 Å². The molecule has 0 saturated heterocycles. The molecule has 3 nitrogen and oxygen atoms in total.